The largest absolute Gasteiger partial charge is 0.417 e. The van der Waals surface area contributed by atoms with Crippen LogP contribution < -0.4 is 4.90 Å². The summed E-state index contributed by atoms with van der Waals surface area (Å²) in [5, 5.41) is 9.15. The molecule has 2 unspecified atom stereocenters. The second kappa shape index (κ2) is 7.84. The van der Waals surface area contributed by atoms with Gasteiger partial charge in [0.05, 0.1) is 12.2 Å². The van der Waals surface area contributed by atoms with Crippen LogP contribution in [-0.4, -0.2) is 59.5 Å². The Morgan fingerprint density at radius 2 is 1.81 bits per heavy atom. The van der Waals surface area contributed by atoms with Gasteiger partial charge in [-0.3, -0.25) is 9.59 Å². The Labute approximate surface area is 155 Å². The summed E-state index contributed by atoms with van der Waals surface area (Å²) in [7, 11) is 0. The minimum Gasteiger partial charge on any atom is -0.396 e. The van der Waals surface area contributed by atoms with Crippen LogP contribution in [0.4, 0.5) is 19.0 Å². The number of aliphatic hydroxyl groups excluding tert-OH is 1. The van der Waals surface area contributed by atoms with Gasteiger partial charge in [-0.05, 0) is 25.0 Å². The zero-order valence-electron chi connectivity index (χ0n) is 14.8. The number of piperazine rings is 1. The quantitative estimate of drug-likeness (QED) is 0.855. The average molecular weight is 385 g/mol. The van der Waals surface area contributed by atoms with Gasteiger partial charge in [-0.15, -0.1) is 0 Å². The molecule has 1 saturated carbocycles. The van der Waals surface area contributed by atoms with Crippen LogP contribution in [0.1, 0.15) is 24.8 Å². The summed E-state index contributed by atoms with van der Waals surface area (Å²) in [5.41, 5.74) is -0.789. The first-order valence-corrected chi connectivity index (χ1v) is 9.00. The number of hydrogen-bond acceptors (Lipinski definition) is 5. The molecule has 1 aromatic rings. The molecule has 148 valence electrons. The van der Waals surface area contributed by atoms with E-state index in [-0.39, 0.29) is 36.6 Å². The number of anilines is 1. The van der Waals surface area contributed by atoms with E-state index < -0.39 is 11.7 Å². The van der Waals surface area contributed by atoms with Crippen LogP contribution in [-0.2, 0) is 15.8 Å². The van der Waals surface area contributed by atoms with Crippen LogP contribution in [0.15, 0.2) is 18.3 Å². The smallest absolute Gasteiger partial charge is 0.396 e. The van der Waals surface area contributed by atoms with Gasteiger partial charge >= 0.3 is 6.18 Å². The number of halogens is 3. The topological polar surface area (TPSA) is 73.7 Å². The summed E-state index contributed by atoms with van der Waals surface area (Å²) in [5.74, 6) is -0.327. The molecule has 0 bridgehead atoms. The SMILES string of the molecule is O=C1C(CO)CCC1CC(=O)N1CCN(c2ccc(C(F)(F)F)cn2)CC1. The van der Waals surface area contributed by atoms with Gasteiger partial charge in [-0.2, -0.15) is 13.2 Å². The standard InChI is InChI=1S/C18H22F3N3O3/c19-18(20,21)14-3-4-15(22-10-14)23-5-7-24(8-6-23)16(26)9-12-1-2-13(11-25)17(12)27/h3-4,10,12-13,25H,1-2,5-9,11H2. The molecule has 0 aromatic carbocycles. The summed E-state index contributed by atoms with van der Waals surface area (Å²) in [4.78, 5) is 31.9. The average Bonchev–Trinajstić information content (AvgIpc) is 3.01. The number of carbonyl (C=O) groups excluding carboxylic acids is 2. The van der Waals surface area contributed by atoms with Crippen molar-refractivity contribution in [3.8, 4) is 0 Å². The molecule has 2 aliphatic rings. The molecule has 2 fully saturated rings. The first kappa shape index (κ1) is 19.6. The fourth-order valence-electron chi connectivity index (χ4n) is 3.67. The molecule has 1 aromatic heterocycles. The van der Waals surface area contributed by atoms with Gasteiger partial charge in [0.15, 0.2) is 0 Å². The van der Waals surface area contributed by atoms with Gasteiger partial charge in [0.1, 0.15) is 11.6 Å². The summed E-state index contributed by atoms with van der Waals surface area (Å²) in [6, 6.07) is 2.34. The molecule has 3 rings (SSSR count). The van der Waals surface area contributed by atoms with Crippen LogP contribution in [0.5, 0.6) is 0 Å². The lowest BCUT2D eigenvalue weighted by atomic mass is 9.99. The third-order valence-corrected chi connectivity index (χ3v) is 5.34. The zero-order chi connectivity index (χ0) is 19.6. The maximum Gasteiger partial charge on any atom is 0.417 e. The van der Waals surface area contributed by atoms with Crippen LogP contribution in [0.2, 0.25) is 0 Å². The highest BCUT2D eigenvalue weighted by Crippen LogP contribution is 2.31. The molecule has 2 heterocycles. The summed E-state index contributed by atoms with van der Waals surface area (Å²) in [6.45, 7) is 1.66. The summed E-state index contributed by atoms with van der Waals surface area (Å²) >= 11 is 0. The van der Waals surface area contributed by atoms with Crippen LogP contribution in [0, 0.1) is 11.8 Å². The Bertz CT molecular complexity index is 685. The second-order valence-corrected chi connectivity index (χ2v) is 7.03. The molecule has 1 aliphatic heterocycles. The molecular weight excluding hydrogens is 363 g/mol. The number of aromatic nitrogens is 1. The Hall–Kier alpha value is -2.16. The number of carbonyl (C=O) groups is 2. The van der Waals surface area contributed by atoms with Gasteiger partial charge in [0.25, 0.3) is 0 Å². The molecule has 6 nitrogen and oxygen atoms in total. The van der Waals surface area contributed by atoms with Gasteiger partial charge in [0.2, 0.25) is 5.91 Å². The number of Topliss-reactive ketones (excluding diaryl/α,β-unsaturated/α-hetero) is 1. The zero-order valence-corrected chi connectivity index (χ0v) is 14.8. The number of pyridine rings is 1. The summed E-state index contributed by atoms with van der Waals surface area (Å²) < 4.78 is 37.8. The van der Waals surface area contributed by atoms with Crippen molar-refractivity contribution >= 4 is 17.5 Å². The number of aliphatic hydroxyl groups is 1. The predicted molar refractivity (Wildman–Crippen MR) is 91.0 cm³/mol. The number of ketones is 1. The molecule has 1 amide bonds. The van der Waals surface area contributed by atoms with E-state index in [2.05, 4.69) is 4.98 Å². The van der Waals surface area contributed by atoms with Crippen molar-refractivity contribution in [3.63, 3.8) is 0 Å². The monoisotopic (exact) mass is 385 g/mol. The van der Waals surface area contributed by atoms with E-state index in [0.717, 1.165) is 12.3 Å². The molecular formula is C18H22F3N3O3. The van der Waals surface area contributed by atoms with Crippen molar-refractivity contribution in [2.45, 2.75) is 25.4 Å². The van der Waals surface area contributed by atoms with E-state index in [4.69, 9.17) is 5.11 Å². The molecule has 0 radical (unpaired) electrons. The first-order valence-electron chi connectivity index (χ1n) is 9.00. The number of amides is 1. The Balaban J connectivity index is 1.51. The predicted octanol–water partition coefficient (Wildman–Crippen LogP) is 1.73. The van der Waals surface area contributed by atoms with Gasteiger partial charge in [-0.25, -0.2) is 4.98 Å². The van der Waals surface area contributed by atoms with Gasteiger partial charge in [0, 0.05) is 50.6 Å². The van der Waals surface area contributed by atoms with E-state index in [1.54, 1.807) is 4.90 Å². The van der Waals surface area contributed by atoms with Crippen LogP contribution in [0.3, 0.4) is 0 Å². The van der Waals surface area contributed by atoms with Crippen LogP contribution in [0.25, 0.3) is 0 Å². The molecule has 1 saturated heterocycles. The van der Waals surface area contributed by atoms with Crippen molar-refractivity contribution in [2.75, 3.05) is 37.7 Å². The van der Waals surface area contributed by atoms with Crippen molar-refractivity contribution in [2.24, 2.45) is 11.8 Å². The fraction of sp³-hybridized carbons (Fsp3) is 0.611. The van der Waals surface area contributed by atoms with E-state index >= 15 is 0 Å². The minimum atomic E-state index is -4.41. The normalized spacial score (nSPS) is 23.8. The highest BCUT2D eigenvalue weighted by molar-refractivity contribution is 5.90. The molecule has 27 heavy (non-hydrogen) atoms. The highest BCUT2D eigenvalue weighted by Gasteiger charge is 2.36. The maximum atomic E-state index is 12.6. The lowest BCUT2D eigenvalue weighted by Crippen LogP contribution is -2.49. The van der Waals surface area contributed by atoms with E-state index in [1.807, 2.05) is 4.90 Å². The number of alkyl halides is 3. The lowest BCUT2D eigenvalue weighted by molar-refractivity contribution is -0.138. The third-order valence-electron chi connectivity index (χ3n) is 5.34. The fourth-order valence-corrected chi connectivity index (χ4v) is 3.67. The molecule has 1 N–H and O–H groups in total. The Morgan fingerprint density at radius 3 is 2.33 bits per heavy atom. The number of nitrogens with zero attached hydrogens (tertiary/aromatic N) is 3. The molecule has 1 aliphatic carbocycles. The van der Waals surface area contributed by atoms with Crippen molar-refractivity contribution in [3.05, 3.63) is 23.9 Å². The second-order valence-electron chi connectivity index (χ2n) is 7.03. The van der Waals surface area contributed by atoms with E-state index in [1.165, 1.54) is 6.07 Å². The number of rotatable bonds is 4. The van der Waals surface area contributed by atoms with Gasteiger partial charge < -0.3 is 14.9 Å². The molecule has 2 atom stereocenters. The van der Waals surface area contributed by atoms with Crippen LogP contribution >= 0.6 is 0 Å². The van der Waals surface area contributed by atoms with E-state index in [9.17, 15) is 22.8 Å². The first-order chi connectivity index (χ1) is 12.8. The Kier molecular flexibility index (Phi) is 5.69. The third kappa shape index (κ3) is 4.40. The van der Waals surface area contributed by atoms with Crippen molar-refractivity contribution in [1.82, 2.24) is 9.88 Å². The number of hydrogen-bond donors (Lipinski definition) is 1. The van der Waals surface area contributed by atoms with Crippen molar-refractivity contribution in [1.29, 1.82) is 0 Å². The van der Waals surface area contributed by atoms with Crippen molar-refractivity contribution < 1.29 is 27.9 Å². The minimum absolute atomic E-state index is 0.0292. The van der Waals surface area contributed by atoms with E-state index in [0.29, 0.717) is 44.8 Å². The molecule has 9 heteroatoms. The maximum absolute atomic E-state index is 12.6. The lowest BCUT2D eigenvalue weighted by Gasteiger charge is -2.35. The Morgan fingerprint density at radius 1 is 1.15 bits per heavy atom. The molecule has 0 spiro atoms. The summed E-state index contributed by atoms with van der Waals surface area (Å²) in [6.07, 6.45) is -2.18. The van der Waals surface area contributed by atoms with Gasteiger partial charge in [-0.1, -0.05) is 0 Å². The highest BCUT2D eigenvalue weighted by atomic mass is 19.4.